The molecule has 0 saturated heterocycles. The molecule has 0 aliphatic heterocycles. The van der Waals surface area contributed by atoms with Crippen LogP contribution in [0.5, 0.6) is 0 Å². The van der Waals surface area contributed by atoms with E-state index in [0.29, 0.717) is 22.4 Å². The first-order chi connectivity index (χ1) is 14.6. The highest BCUT2D eigenvalue weighted by molar-refractivity contribution is 7.90. The molecule has 158 valence electrons. The van der Waals surface area contributed by atoms with Gasteiger partial charge in [-0.2, -0.15) is 5.10 Å². The minimum atomic E-state index is -3.45. The molecule has 8 nitrogen and oxygen atoms in total. The number of aryl methyl sites for hydroxylation is 2. The Labute approximate surface area is 178 Å². The van der Waals surface area contributed by atoms with Crippen LogP contribution in [0.25, 0.3) is 27.9 Å². The average molecular weight is 436 g/mol. The molecule has 0 saturated carbocycles. The Hall–Kier alpha value is -3.72. The number of pyridine rings is 2. The molecule has 0 spiro atoms. The number of para-hydroxylation sites is 1. The fourth-order valence-electron chi connectivity index (χ4n) is 3.41. The van der Waals surface area contributed by atoms with Crippen molar-refractivity contribution in [2.24, 2.45) is 14.1 Å². The lowest BCUT2D eigenvalue weighted by molar-refractivity contribution is 0.600. The molecule has 31 heavy (non-hydrogen) atoms. The first kappa shape index (κ1) is 20.5. The number of hydrogen-bond acceptors (Lipinski definition) is 5. The molecule has 4 aromatic rings. The van der Waals surface area contributed by atoms with Gasteiger partial charge in [0, 0.05) is 62.2 Å². The molecule has 0 bridgehead atoms. The van der Waals surface area contributed by atoms with Gasteiger partial charge in [0.15, 0.2) is 9.84 Å². The summed E-state index contributed by atoms with van der Waals surface area (Å²) in [6, 6.07) is 11.3. The molecule has 3 aromatic heterocycles. The second-order valence-corrected chi connectivity index (χ2v) is 9.31. The predicted molar refractivity (Wildman–Crippen MR) is 118 cm³/mol. The van der Waals surface area contributed by atoms with Gasteiger partial charge in [0.25, 0.3) is 5.56 Å². The van der Waals surface area contributed by atoms with Crippen LogP contribution >= 0.6 is 0 Å². The Balaban J connectivity index is 1.91. The van der Waals surface area contributed by atoms with Crippen LogP contribution < -0.4 is 11.1 Å². The van der Waals surface area contributed by atoms with Crippen LogP contribution in [-0.2, 0) is 23.9 Å². The minimum Gasteiger partial charge on any atom is -0.318 e. The maximum Gasteiger partial charge on any atom is 0.250 e. The summed E-state index contributed by atoms with van der Waals surface area (Å²) in [4.78, 5) is 24.3. The molecular formula is C22H20N4O4S. The number of nitrogens with zero attached hydrogens (tertiary/aromatic N) is 4. The lowest BCUT2D eigenvalue weighted by Gasteiger charge is -2.11. The quantitative estimate of drug-likeness (QED) is 0.488. The largest absolute Gasteiger partial charge is 0.318 e. The van der Waals surface area contributed by atoms with Crippen LogP contribution in [-0.4, -0.2) is 33.6 Å². The van der Waals surface area contributed by atoms with Crippen LogP contribution in [0.2, 0.25) is 0 Å². The van der Waals surface area contributed by atoms with Crippen molar-refractivity contribution in [2.75, 3.05) is 6.26 Å². The van der Waals surface area contributed by atoms with Crippen LogP contribution in [0.4, 0.5) is 0 Å². The number of aromatic nitrogens is 4. The Morgan fingerprint density at radius 2 is 1.52 bits per heavy atom. The monoisotopic (exact) mass is 436 g/mol. The van der Waals surface area contributed by atoms with Crippen LogP contribution in [0, 0.1) is 0 Å². The van der Waals surface area contributed by atoms with Crippen LogP contribution in [0.15, 0.2) is 81.7 Å². The second-order valence-electron chi connectivity index (χ2n) is 7.33. The third-order valence-electron chi connectivity index (χ3n) is 5.03. The van der Waals surface area contributed by atoms with Gasteiger partial charge in [-0.1, -0.05) is 12.1 Å². The van der Waals surface area contributed by atoms with Crippen molar-refractivity contribution < 1.29 is 8.42 Å². The summed E-state index contributed by atoms with van der Waals surface area (Å²) in [7, 11) is -0.150. The van der Waals surface area contributed by atoms with Gasteiger partial charge in [-0.05, 0) is 29.3 Å². The molecule has 0 amide bonds. The van der Waals surface area contributed by atoms with E-state index < -0.39 is 9.84 Å². The highest BCUT2D eigenvalue weighted by Gasteiger charge is 2.17. The summed E-state index contributed by atoms with van der Waals surface area (Å²) in [5.41, 5.74) is 2.87. The molecule has 0 fully saturated rings. The Kier molecular flexibility index (Phi) is 4.98. The molecule has 4 rings (SSSR count). The summed E-state index contributed by atoms with van der Waals surface area (Å²) in [6.07, 6.45) is 7.86. The third kappa shape index (κ3) is 3.87. The van der Waals surface area contributed by atoms with Crippen LogP contribution in [0.1, 0.15) is 0 Å². The van der Waals surface area contributed by atoms with E-state index in [-0.39, 0.29) is 16.0 Å². The lowest BCUT2D eigenvalue weighted by atomic mass is 9.99. The predicted octanol–water partition coefficient (Wildman–Crippen LogP) is 2.01. The molecule has 0 aliphatic rings. The minimum absolute atomic E-state index is 0.153. The molecule has 0 atom stereocenters. The van der Waals surface area contributed by atoms with Gasteiger partial charge in [-0.3, -0.25) is 9.59 Å². The van der Waals surface area contributed by atoms with Gasteiger partial charge in [-0.15, -0.1) is 0 Å². The Morgan fingerprint density at radius 3 is 2.23 bits per heavy atom. The van der Waals surface area contributed by atoms with Crippen molar-refractivity contribution in [3.05, 3.63) is 88.0 Å². The van der Waals surface area contributed by atoms with Gasteiger partial charge < -0.3 is 9.13 Å². The molecule has 9 heteroatoms. The SMILES string of the molecule is Cn1cc(-c2cc(=O)n(C)cc2-c2cnn(-c3ccccc3S(C)(=O)=O)c2)ccc1=O. The van der Waals surface area contributed by atoms with E-state index in [4.69, 9.17) is 0 Å². The van der Waals surface area contributed by atoms with Crippen molar-refractivity contribution in [3.63, 3.8) is 0 Å². The number of hydrogen-bond donors (Lipinski definition) is 0. The van der Waals surface area contributed by atoms with Gasteiger partial charge in [-0.25, -0.2) is 13.1 Å². The summed E-state index contributed by atoms with van der Waals surface area (Å²) in [5, 5.41) is 4.37. The van der Waals surface area contributed by atoms with E-state index in [0.717, 1.165) is 11.8 Å². The second kappa shape index (κ2) is 7.51. The van der Waals surface area contributed by atoms with Crippen molar-refractivity contribution in [1.29, 1.82) is 0 Å². The van der Waals surface area contributed by atoms with Crippen molar-refractivity contribution in [3.8, 4) is 27.9 Å². The Morgan fingerprint density at radius 1 is 0.806 bits per heavy atom. The smallest absolute Gasteiger partial charge is 0.250 e. The fraction of sp³-hybridized carbons (Fsp3) is 0.136. The van der Waals surface area contributed by atoms with Gasteiger partial charge >= 0.3 is 0 Å². The molecule has 0 unspecified atom stereocenters. The number of sulfone groups is 1. The van der Waals surface area contributed by atoms with Gasteiger partial charge in [0.05, 0.1) is 16.8 Å². The molecule has 0 radical (unpaired) electrons. The normalized spacial score (nSPS) is 11.6. The van der Waals surface area contributed by atoms with Gasteiger partial charge in [0.2, 0.25) is 5.56 Å². The third-order valence-corrected chi connectivity index (χ3v) is 6.17. The van der Waals surface area contributed by atoms with E-state index in [1.807, 2.05) is 0 Å². The van der Waals surface area contributed by atoms with Crippen molar-refractivity contribution in [2.45, 2.75) is 4.90 Å². The molecular weight excluding hydrogens is 416 g/mol. The summed E-state index contributed by atoms with van der Waals surface area (Å²) < 4.78 is 28.8. The zero-order chi connectivity index (χ0) is 22.3. The zero-order valence-corrected chi connectivity index (χ0v) is 18.0. The summed E-state index contributed by atoms with van der Waals surface area (Å²) >= 11 is 0. The standard InChI is InChI=1S/C22H20N4O4S/c1-24-12-15(8-9-21(24)27)17-10-22(28)25(2)14-18(17)16-11-23-26(13-16)19-6-4-5-7-20(19)31(3,29)30/h4-14H,1-3H3. The molecule has 1 aromatic carbocycles. The topological polar surface area (TPSA) is 96.0 Å². The number of rotatable bonds is 4. The van der Waals surface area contributed by atoms with E-state index >= 15 is 0 Å². The fourth-order valence-corrected chi connectivity index (χ4v) is 4.27. The molecule has 3 heterocycles. The Bertz CT molecular complexity index is 1530. The highest BCUT2D eigenvalue weighted by Crippen LogP contribution is 2.31. The van der Waals surface area contributed by atoms with E-state index in [2.05, 4.69) is 5.10 Å². The van der Waals surface area contributed by atoms with Gasteiger partial charge in [0.1, 0.15) is 0 Å². The van der Waals surface area contributed by atoms with E-state index in [9.17, 15) is 18.0 Å². The average Bonchev–Trinajstić information content (AvgIpc) is 3.21. The zero-order valence-electron chi connectivity index (χ0n) is 17.2. The highest BCUT2D eigenvalue weighted by atomic mass is 32.2. The van der Waals surface area contributed by atoms with Crippen LogP contribution in [0.3, 0.4) is 0 Å². The summed E-state index contributed by atoms with van der Waals surface area (Å²) in [6.45, 7) is 0. The number of benzene rings is 1. The van der Waals surface area contributed by atoms with Crippen molar-refractivity contribution in [1.82, 2.24) is 18.9 Å². The van der Waals surface area contributed by atoms with Crippen molar-refractivity contribution >= 4 is 9.84 Å². The maximum atomic E-state index is 12.3. The maximum absolute atomic E-state index is 12.3. The van der Waals surface area contributed by atoms with E-state index in [1.54, 1.807) is 63.1 Å². The first-order valence-electron chi connectivity index (χ1n) is 9.37. The lowest BCUT2D eigenvalue weighted by Crippen LogP contribution is -2.17. The molecule has 0 N–H and O–H groups in total. The first-order valence-corrected chi connectivity index (χ1v) is 11.3. The summed E-state index contributed by atoms with van der Waals surface area (Å²) in [5.74, 6) is 0. The molecule has 0 aliphatic carbocycles. The van der Waals surface area contributed by atoms with E-state index in [1.165, 1.54) is 32.0 Å².